The maximum atomic E-state index is 5.91. The predicted molar refractivity (Wildman–Crippen MR) is 121 cm³/mol. The van der Waals surface area contributed by atoms with Gasteiger partial charge in [0, 0.05) is 43.5 Å². The minimum atomic E-state index is 0.359. The molecule has 2 aliphatic rings. The number of anilines is 1. The van der Waals surface area contributed by atoms with Crippen molar-refractivity contribution >= 4 is 22.5 Å². The summed E-state index contributed by atoms with van der Waals surface area (Å²) >= 11 is 0. The number of rotatable bonds is 2. The minimum absolute atomic E-state index is 0.359. The fourth-order valence-electron chi connectivity index (χ4n) is 5.53. The van der Waals surface area contributed by atoms with Gasteiger partial charge in [-0.05, 0) is 56.2 Å². The quantitative estimate of drug-likeness (QED) is 0.495. The van der Waals surface area contributed by atoms with Crippen LogP contribution in [0.4, 0.5) is 5.95 Å². The fraction of sp³-hybridized carbons (Fsp3) is 0.458. The van der Waals surface area contributed by atoms with Crippen molar-refractivity contribution in [1.29, 1.82) is 0 Å². The van der Waals surface area contributed by atoms with Gasteiger partial charge in [0.05, 0.1) is 30.1 Å². The number of imidazole rings is 1. The summed E-state index contributed by atoms with van der Waals surface area (Å²) in [6.45, 7) is 7.22. The van der Waals surface area contributed by atoms with Gasteiger partial charge in [-0.2, -0.15) is 5.10 Å². The van der Waals surface area contributed by atoms with Crippen LogP contribution in [0.25, 0.3) is 27.7 Å². The van der Waals surface area contributed by atoms with Crippen molar-refractivity contribution < 1.29 is 4.74 Å². The van der Waals surface area contributed by atoms with E-state index in [0.717, 1.165) is 71.9 Å². The summed E-state index contributed by atoms with van der Waals surface area (Å²) in [5.41, 5.74) is 5.67. The number of aryl methyl sites for hydroxylation is 2. The first-order valence-corrected chi connectivity index (χ1v) is 11.2. The van der Waals surface area contributed by atoms with Gasteiger partial charge < -0.3 is 9.64 Å². The van der Waals surface area contributed by atoms with Crippen molar-refractivity contribution in [3.63, 3.8) is 0 Å². The smallest absolute Gasteiger partial charge is 0.211 e. The molecular formula is C24H28N6O. The maximum absolute atomic E-state index is 5.91. The molecule has 4 aromatic rings. The van der Waals surface area contributed by atoms with Crippen molar-refractivity contribution in [2.45, 2.75) is 39.2 Å². The molecule has 5 heterocycles. The van der Waals surface area contributed by atoms with Crippen LogP contribution in [0.3, 0.4) is 0 Å². The molecule has 0 aliphatic carbocycles. The van der Waals surface area contributed by atoms with Crippen molar-refractivity contribution in [2.75, 3.05) is 24.6 Å². The second-order valence-electron chi connectivity index (χ2n) is 9.35. The van der Waals surface area contributed by atoms with Crippen LogP contribution in [-0.4, -0.2) is 49.9 Å². The first kappa shape index (κ1) is 18.8. The van der Waals surface area contributed by atoms with Crippen LogP contribution in [0.15, 0.2) is 36.8 Å². The van der Waals surface area contributed by atoms with Crippen LogP contribution in [0, 0.1) is 12.3 Å². The fourth-order valence-corrected chi connectivity index (χ4v) is 5.53. The molecule has 0 N–H and O–H groups in total. The Hall–Kier alpha value is -2.93. The van der Waals surface area contributed by atoms with Gasteiger partial charge in [0.1, 0.15) is 5.65 Å². The molecule has 0 amide bonds. The normalized spacial score (nSPS) is 21.0. The zero-order valence-corrected chi connectivity index (χ0v) is 18.4. The average Bonchev–Trinajstić information content (AvgIpc) is 3.48. The first-order chi connectivity index (χ1) is 15.0. The molecule has 1 aromatic carbocycles. The van der Waals surface area contributed by atoms with Crippen LogP contribution in [0.1, 0.15) is 31.9 Å². The second-order valence-corrected chi connectivity index (χ2v) is 9.35. The Bertz CT molecular complexity index is 1280. The number of aromatic nitrogens is 5. The van der Waals surface area contributed by atoms with E-state index in [1.54, 1.807) is 0 Å². The lowest BCUT2D eigenvalue weighted by molar-refractivity contribution is 0.0975. The van der Waals surface area contributed by atoms with Crippen LogP contribution in [0.5, 0.6) is 0 Å². The Kier molecular flexibility index (Phi) is 4.12. The number of hydrogen-bond donors (Lipinski definition) is 0. The highest BCUT2D eigenvalue weighted by Gasteiger charge is 2.41. The third-order valence-corrected chi connectivity index (χ3v) is 7.25. The van der Waals surface area contributed by atoms with E-state index in [1.807, 2.05) is 30.3 Å². The molecule has 7 nitrogen and oxygen atoms in total. The molecule has 3 aromatic heterocycles. The molecule has 0 bridgehead atoms. The van der Waals surface area contributed by atoms with E-state index in [9.17, 15) is 0 Å². The third-order valence-electron chi connectivity index (χ3n) is 7.25. The standard InChI is InChI=1S/C24H28N6O/c1-16-13-24(15-31-16)6-9-29(10-7-24)23-27-17(2)21(22-25-8-11-30(22)23)18-4-5-20-19(12-18)14-26-28(20)3/h4-5,8,11-12,14,16H,6-7,9-10,13,15H2,1-3H3/t16-/m0/s1. The molecule has 2 fully saturated rings. The van der Waals surface area contributed by atoms with E-state index < -0.39 is 0 Å². The highest BCUT2D eigenvalue weighted by Crippen LogP contribution is 2.42. The number of benzene rings is 1. The van der Waals surface area contributed by atoms with Crippen LogP contribution in [0.2, 0.25) is 0 Å². The predicted octanol–water partition coefficient (Wildman–Crippen LogP) is 3.99. The zero-order valence-electron chi connectivity index (χ0n) is 18.4. The number of fused-ring (bicyclic) bond motifs is 2. The van der Waals surface area contributed by atoms with Crippen LogP contribution in [-0.2, 0) is 11.8 Å². The number of nitrogens with zero attached hydrogens (tertiary/aromatic N) is 6. The maximum Gasteiger partial charge on any atom is 0.211 e. The molecular weight excluding hydrogens is 388 g/mol. The highest BCUT2D eigenvalue weighted by atomic mass is 16.5. The van der Waals surface area contributed by atoms with Crippen molar-refractivity contribution in [3.05, 3.63) is 42.5 Å². The molecule has 0 radical (unpaired) electrons. The van der Waals surface area contributed by atoms with Gasteiger partial charge in [0.25, 0.3) is 0 Å². The Morgan fingerprint density at radius 1 is 1.19 bits per heavy atom. The Labute approximate surface area is 181 Å². The third kappa shape index (κ3) is 2.94. The van der Waals surface area contributed by atoms with E-state index in [0.29, 0.717) is 11.5 Å². The number of piperidine rings is 1. The molecule has 2 saturated heterocycles. The van der Waals surface area contributed by atoms with Crippen LogP contribution >= 0.6 is 0 Å². The van der Waals surface area contributed by atoms with E-state index in [1.165, 1.54) is 6.42 Å². The van der Waals surface area contributed by atoms with Crippen LogP contribution < -0.4 is 4.90 Å². The van der Waals surface area contributed by atoms with E-state index in [2.05, 4.69) is 46.4 Å². The summed E-state index contributed by atoms with van der Waals surface area (Å²) in [7, 11) is 1.97. The zero-order chi connectivity index (χ0) is 21.2. The molecule has 2 aliphatic heterocycles. The van der Waals surface area contributed by atoms with E-state index in [-0.39, 0.29) is 0 Å². The number of ether oxygens (including phenoxy) is 1. The lowest BCUT2D eigenvalue weighted by Gasteiger charge is -2.39. The summed E-state index contributed by atoms with van der Waals surface area (Å²) in [6.07, 6.45) is 9.72. The Morgan fingerprint density at radius 2 is 2.03 bits per heavy atom. The van der Waals surface area contributed by atoms with Crippen molar-refractivity contribution in [3.8, 4) is 11.1 Å². The lowest BCUT2D eigenvalue weighted by atomic mass is 9.77. The molecule has 31 heavy (non-hydrogen) atoms. The SMILES string of the molecule is Cc1nc(N2CCC3(CC2)CO[C@@H](C)C3)n2ccnc2c1-c1ccc2c(cnn2C)c1. The summed E-state index contributed by atoms with van der Waals surface area (Å²) in [5.74, 6) is 0.998. The topological polar surface area (TPSA) is 60.5 Å². The summed E-state index contributed by atoms with van der Waals surface area (Å²) in [5, 5.41) is 5.51. The molecule has 0 saturated carbocycles. The molecule has 0 unspecified atom stereocenters. The molecule has 6 rings (SSSR count). The van der Waals surface area contributed by atoms with Gasteiger partial charge in [-0.25, -0.2) is 9.97 Å². The highest BCUT2D eigenvalue weighted by molar-refractivity contribution is 5.89. The van der Waals surface area contributed by atoms with Gasteiger partial charge >= 0.3 is 0 Å². The van der Waals surface area contributed by atoms with E-state index in [4.69, 9.17) is 14.7 Å². The largest absolute Gasteiger partial charge is 0.378 e. The van der Waals surface area contributed by atoms with E-state index >= 15 is 0 Å². The van der Waals surface area contributed by atoms with Gasteiger partial charge in [0.2, 0.25) is 5.95 Å². The van der Waals surface area contributed by atoms with Crippen molar-refractivity contribution in [2.24, 2.45) is 12.5 Å². The van der Waals surface area contributed by atoms with Gasteiger partial charge in [0.15, 0.2) is 0 Å². The van der Waals surface area contributed by atoms with Crippen molar-refractivity contribution in [1.82, 2.24) is 24.1 Å². The molecule has 160 valence electrons. The molecule has 7 heteroatoms. The monoisotopic (exact) mass is 416 g/mol. The van der Waals surface area contributed by atoms with Gasteiger partial charge in [-0.1, -0.05) is 6.07 Å². The Balaban J connectivity index is 1.38. The first-order valence-electron chi connectivity index (χ1n) is 11.2. The molecule has 1 spiro atoms. The van der Waals surface area contributed by atoms with Gasteiger partial charge in [-0.3, -0.25) is 9.08 Å². The second kappa shape index (κ2) is 6.79. The minimum Gasteiger partial charge on any atom is -0.378 e. The summed E-state index contributed by atoms with van der Waals surface area (Å²) < 4.78 is 9.96. The summed E-state index contributed by atoms with van der Waals surface area (Å²) in [6, 6.07) is 6.46. The molecule has 1 atom stereocenters. The summed E-state index contributed by atoms with van der Waals surface area (Å²) in [4.78, 5) is 12.2. The Morgan fingerprint density at radius 3 is 2.81 bits per heavy atom. The average molecular weight is 417 g/mol. The lowest BCUT2D eigenvalue weighted by Crippen LogP contribution is -2.41. The van der Waals surface area contributed by atoms with Gasteiger partial charge in [-0.15, -0.1) is 0 Å². The number of hydrogen-bond acceptors (Lipinski definition) is 5.